The predicted octanol–water partition coefficient (Wildman–Crippen LogP) is -0.0339. The molecule has 0 heterocycles. The molecule has 0 aromatic heterocycles. The van der Waals surface area contributed by atoms with E-state index in [-0.39, 0.29) is 34.9 Å². The molecule has 0 unspecified atom stereocenters. The fraction of sp³-hybridized carbons (Fsp3) is 0.750. The van der Waals surface area contributed by atoms with Crippen LogP contribution in [0.15, 0.2) is 0 Å². The molecule has 10 nitrogen and oxygen atoms in total. The van der Waals surface area contributed by atoms with Crippen molar-refractivity contribution in [3.05, 3.63) is 0 Å². The summed E-state index contributed by atoms with van der Waals surface area (Å²) in [5.74, 6) is -4.83. The van der Waals surface area contributed by atoms with Crippen LogP contribution in [0, 0.1) is 0 Å². The normalized spacial score (nSPS) is 9.26. The molecule has 0 saturated carbocycles. The van der Waals surface area contributed by atoms with Gasteiger partial charge in [-0.15, -0.1) is 0 Å². The molecule has 0 rings (SSSR count). The summed E-state index contributed by atoms with van der Waals surface area (Å²) in [4.78, 5) is 40.8. The molecule has 0 radical (unpaired) electrons. The second-order valence-electron chi connectivity index (χ2n) is 6.65. The molecule has 11 heteroatoms. The zero-order valence-electron chi connectivity index (χ0n) is 17.3. The fourth-order valence-electron chi connectivity index (χ4n) is 0.788. The molecule has 0 atom stereocenters. The van der Waals surface area contributed by atoms with E-state index in [2.05, 4.69) is 10.6 Å². The summed E-state index contributed by atoms with van der Waals surface area (Å²) in [6, 6.07) is 0. The number of carbonyl (C=O) groups excluding carboxylic acids is 2. The van der Waals surface area contributed by atoms with E-state index in [1.165, 1.54) is 0 Å². The molecule has 0 spiro atoms. The minimum absolute atomic E-state index is 0. The van der Waals surface area contributed by atoms with Gasteiger partial charge in [-0.1, -0.05) is 0 Å². The Morgan fingerprint density at radius 2 is 0.815 bits per heavy atom. The second kappa shape index (κ2) is 19.3. The van der Waals surface area contributed by atoms with E-state index in [0.717, 1.165) is 0 Å². The Hall–Kier alpha value is -1.49. The first-order valence-corrected chi connectivity index (χ1v) is 7.81. The van der Waals surface area contributed by atoms with Gasteiger partial charge in [0.25, 0.3) is 0 Å². The van der Waals surface area contributed by atoms with Gasteiger partial charge in [0.2, 0.25) is 0 Å². The SMILES string of the molecule is CC(C)(C)NC(=O)C(=O)O.CC(C)(C)NC(=O)C(=O)O.CCO.CCO.[Ti]. The van der Waals surface area contributed by atoms with Crippen molar-refractivity contribution in [3.63, 3.8) is 0 Å². The molecule has 0 aliphatic rings. The van der Waals surface area contributed by atoms with Gasteiger partial charge in [-0.3, -0.25) is 9.59 Å². The summed E-state index contributed by atoms with van der Waals surface area (Å²) in [6.45, 7) is 14.2. The van der Waals surface area contributed by atoms with Gasteiger partial charge in [-0.25, -0.2) is 9.59 Å². The molecule has 2 amide bonds. The molecular weight excluding hydrogens is 396 g/mol. The largest absolute Gasteiger partial charge is 0.474 e. The quantitative estimate of drug-likeness (QED) is 0.229. The van der Waals surface area contributed by atoms with Crippen LogP contribution in [0.25, 0.3) is 0 Å². The van der Waals surface area contributed by atoms with E-state index in [1.54, 1.807) is 55.4 Å². The molecule has 0 fully saturated rings. The van der Waals surface area contributed by atoms with Crippen LogP contribution in [0.2, 0.25) is 0 Å². The number of amides is 2. The number of aliphatic carboxylic acids is 2. The summed E-state index contributed by atoms with van der Waals surface area (Å²) in [5.41, 5.74) is -0.953. The van der Waals surface area contributed by atoms with Crippen molar-refractivity contribution in [2.45, 2.75) is 66.5 Å². The van der Waals surface area contributed by atoms with Crippen LogP contribution >= 0.6 is 0 Å². The maximum atomic E-state index is 10.4. The number of carbonyl (C=O) groups is 4. The summed E-state index contributed by atoms with van der Waals surface area (Å²) in [5, 5.41) is 36.0. The average Bonchev–Trinajstić information content (AvgIpc) is 2.37. The van der Waals surface area contributed by atoms with Gasteiger partial charge in [0.15, 0.2) is 0 Å². The first-order chi connectivity index (χ1) is 11.5. The van der Waals surface area contributed by atoms with E-state index in [0.29, 0.717) is 0 Å². The molecule has 27 heavy (non-hydrogen) atoms. The van der Waals surface area contributed by atoms with Crippen LogP contribution in [-0.4, -0.2) is 68.5 Å². The van der Waals surface area contributed by atoms with Crippen molar-refractivity contribution < 1.29 is 61.3 Å². The number of nitrogens with one attached hydrogen (secondary N) is 2. The van der Waals surface area contributed by atoms with Crippen LogP contribution in [0.4, 0.5) is 0 Å². The van der Waals surface area contributed by atoms with Gasteiger partial charge in [0.05, 0.1) is 0 Å². The van der Waals surface area contributed by atoms with Crippen molar-refractivity contribution in [2.24, 2.45) is 0 Å². The average molecular weight is 430 g/mol. The van der Waals surface area contributed by atoms with Crippen LogP contribution in [0.3, 0.4) is 0 Å². The van der Waals surface area contributed by atoms with Crippen molar-refractivity contribution >= 4 is 23.8 Å². The predicted molar refractivity (Wildman–Crippen MR) is 96.6 cm³/mol. The Balaban J connectivity index is -0.0000000899. The fourth-order valence-corrected chi connectivity index (χ4v) is 0.788. The number of rotatable bonds is 0. The summed E-state index contributed by atoms with van der Waals surface area (Å²) in [7, 11) is 0. The smallest absolute Gasteiger partial charge is 0.394 e. The molecule has 0 aromatic carbocycles. The third-order valence-electron chi connectivity index (χ3n) is 1.37. The van der Waals surface area contributed by atoms with Gasteiger partial charge in [0, 0.05) is 46.0 Å². The van der Waals surface area contributed by atoms with Crippen LogP contribution in [0.1, 0.15) is 55.4 Å². The maximum Gasteiger partial charge on any atom is 0.394 e. The van der Waals surface area contributed by atoms with Crippen LogP contribution in [0.5, 0.6) is 0 Å². The van der Waals surface area contributed by atoms with Crippen LogP contribution < -0.4 is 10.6 Å². The Labute approximate surface area is 175 Å². The number of hydrogen-bond acceptors (Lipinski definition) is 6. The van der Waals surface area contributed by atoms with Gasteiger partial charge < -0.3 is 31.1 Å². The molecular formula is C16H34N2O8Ti. The summed E-state index contributed by atoms with van der Waals surface area (Å²) in [6.07, 6.45) is 0. The Bertz CT molecular complexity index is 389. The van der Waals surface area contributed by atoms with Crippen molar-refractivity contribution in [2.75, 3.05) is 13.2 Å². The Morgan fingerprint density at radius 1 is 0.667 bits per heavy atom. The summed E-state index contributed by atoms with van der Waals surface area (Å²) >= 11 is 0. The Morgan fingerprint density at radius 3 is 0.852 bits per heavy atom. The minimum atomic E-state index is -1.45. The number of carboxylic acid groups (broad SMARTS) is 2. The monoisotopic (exact) mass is 430 g/mol. The molecule has 0 aromatic rings. The third-order valence-corrected chi connectivity index (χ3v) is 1.37. The number of aliphatic hydroxyl groups excluding tert-OH is 2. The van der Waals surface area contributed by atoms with Gasteiger partial charge in [0.1, 0.15) is 0 Å². The number of aliphatic hydroxyl groups is 2. The van der Waals surface area contributed by atoms with E-state index >= 15 is 0 Å². The standard InChI is InChI=1S/2C6H11NO3.2C2H6O.Ti/c2*1-6(2,3)7-4(8)5(9)10;2*1-2-3;/h2*1-3H3,(H,7,8)(H,9,10);2*3H,2H2,1H3;. The van der Waals surface area contributed by atoms with E-state index in [9.17, 15) is 19.2 Å². The molecule has 0 bridgehead atoms. The zero-order valence-corrected chi connectivity index (χ0v) is 18.9. The van der Waals surface area contributed by atoms with Gasteiger partial charge in [-0.05, 0) is 55.4 Å². The van der Waals surface area contributed by atoms with E-state index < -0.39 is 34.8 Å². The van der Waals surface area contributed by atoms with Crippen molar-refractivity contribution in [1.82, 2.24) is 10.6 Å². The third kappa shape index (κ3) is 45.6. The molecule has 6 N–H and O–H groups in total. The molecule has 0 aliphatic heterocycles. The molecule has 160 valence electrons. The van der Waals surface area contributed by atoms with Gasteiger partial charge in [-0.2, -0.15) is 0 Å². The number of carboxylic acids is 2. The Kier molecular flexibility index (Phi) is 26.0. The second-order valence-corrected chi connectivity index (χ2v) is 6.65. The van der Waals surface area contributed by atoms with E-state index in [4.69, 9.17) is 20.4 Å². The topological polar surface area (TPSA) is 173 Å². The van der Waals surface area contributed by atoms with Crippen molar-refractivity contribution in [1.29, 1.82) is 0 Å². The zero-order chi connectivity index (χ0) is 22.1. The minimum Gasteiger partial charge on any atom is -0.474 e. The first kappa shape index (κ1) is 36.4. The van der Waals surface area contributed by atoms with Crippen LogP contribution in [-0.2, 0) is 40.9 Å². The van der Waals surface area contributed by atoms with Crippen molar-refractivity contribution in [3.8, 4) is 0 Å². The molecule has 0 saturated heterocycles. The summed E-state index contributed by atoms with van der Waals surface area (Å²) < 4.78 is 0. The first-order valence-electron chi connectivity index (χ1n) is 7.81. The van der Waals surface area contributed by atoms with Gasteiger partial charge >= 0.3 is 23.8 Å². The van der Waals surface area contributed by atoms with E-state index in [1.807, 2.05) is 0 Å². The maximum absolute atomic E-state index is 10.4. The number of hydrogen-bond donors (Lipinski definition) is 6. The molecule has 0 aliphatic carbocycles.